The Morgan fingerprint density at radius 2 is 1.35 bits per heavy atom. The topological polar surface area (TPSA) is 46.2 Å². The van der Waals surface area contributed by atoms with Crippen molar-refractivity contribution in [2.24, 2.45) is 0 Å². The lowest BCUT2D eigenvalue weighted by atomic mass is 9.96. The molecule has 0 saturated carbocycles. The second-order valence-corrected chi connectivity index (χ2v) is 9.06. The van der Waals surface area contributed by atoms with Gasteiger partial charge in [0, 0.05) is 6.04 Å². The fourth-order valence-corrected chi connectivity index (χ4v) is 5.14. The Labute approximate surface area is 158 Å². The first-order valence-corrected chi connectivity index (χ1v) is 10.8. The van der Waals surface area contributed by atoms with Crippen LogP contribution < -0.4 is 4.72 Å². The Kier molecular flexibility index (Phi) is 6.30. The molecule has 0 aliphatic heterocycles. The van der Waals surface area contributed by atoms with E-state index in [0.717, 1.165) is 34.2 Å². The van der Waals surface area contributed by atoms with E-state index in [1.54, 1.807) is 0 Å². The average molecular weight is 374 g/mol. The van der Waals surface area contributed by atoms with Gasteiger partial charge in [-0.25, -0.2) is 13.1 Å². The monoisotopic (exact) mass is 373 g/mol. The third kappa shape index (κ3) is 4.18. The van der Waals surface area contributed by atoms with Gasteiger partial charge in [0.15, 0.2) is 0 Å². The molecule has 26 heavy (non-hydrogen) atoms. The highest BCUT2D eigenvalue weighted by Gasteiger charge is 2.24. The van der Waals surface area contributed by atoms with E-state index in [2.05, 4.69) is 30.7 Å². The maximum atomic E-state index is 13.1. The van der Waals surface area contributed by atoms with Crippen molar-refractivity contribution in [3.8, 4) is 0 Å². The van der Waals surface area contributed by atoms with Gasteiger partial charge < -0.3 is 0 Å². The third-order valence-electron chi connectivity index (χ3n) is 5.52. The van der Waals surface area contributed by atoms with Crippen LogP contribution in [0.1, 0.15) is 72.5 Å². The highest BCUT2D eigenvalue weighted by atomic mass is 32.2. The first kappa shape index (κ1) is 20.7. The summed E-state index contributed by atoms with van der Waals surface area (Å²) in [7, 11) is -3.60. The molecule has 0 heterocycles. The van der Waals surface area contributed by atoms with Gasteiger partial charge in [0.05, 0.1) is 4.90 Å². The van der Waals surface area contributed by atoms with Crippen molar-refractivity contribution in [2.45, 2.75) is 71.7 Å². The summed E-state index contributed by atoms with van der Waals surface area (Å²) in [5.41, 5.74) is 5.89. The summed E-state index contributed by atoms with van der Waals surface area (Å²) >= 11 is 0. The molecule has 2 atom stereocenters. The van der Waals surface area contributed by atoms with E-state index in [4.69, 9.17) is 0 Å². The number of sulfonamides is 1. The lowest BCUT2D eigenvalue weighted by Crippen LogP contribution is -2.28. The molecule has 0 amide bonds. The largest absolute Gasteiger partial charge is 0.241 e. The first-order chi connectivity index (χ1) is 12.1. The molecule has 4 heteroatoms. The lowest BCUT2D eigenvalue weighted by Gasteiger charge is -2.20. The summed E-state index contributed by atoms with van der Waals surface area (Å²) in [6, 6.07) is 10.0. The molecule has 0 aliphatic carbocycles. The summed E-state index contributed by atoms with van der Waals surface area (Å²) < 4.78 is 29.0. The van der Waals surface area contributed by atoms with Gasteiger partial charge in [0.25, 0.3) is 0 Å². The van der Waals surface area contributed by atoms with E-state index in [9.17, 15) is 8.42 Å². The van der Waals surface area contributed by atoms with Crippen LogP contribution in [0.5, 0.6) is 0 Å². The van der Waals surface area contributed by atoms with Gasteiger partial charge in [-0.15, -0.1) is 0 Å². The van der Waals surface area contributed by atoms with Crippen molar-refractivity contribution in [2.75, 3.05) is 0 Å². The van der Waals surface area contributed by atoms with Crippen molar-refractivity contribution in [1.29, 1.82) is 0 Å². The number of hydrogen-bond acceptors (Lipinski definition) is 2. The Hall–Kier alpha value is -1.65. The van der Waals surface area contributed by atoms with Crippen LogP contribution in [0.4, 0.5) is 0 Å². The maximum Gasteiger partial charge on any atom is 0.241 e. The molecule has 2 rings (SSSR count). The molecular formula is C22H31NO2S. The van der Waals surface area contributed by atoms with Crippen molar-refractivity contribution < 1.29 is 8.42 Å². The van der Waals surface area contributed by atoms with Gasteiger partial charge in [-0.05, 0) is 80.3 Å². The summed E-state index contributed by atoms with van der Waals surface area (Å²) in [5.74, 6) is 0.511. The minimum Gasteiger partial charge on any atom is -0.207 e. The molecule has 2 aromatic rings. The second kappa shape index (κ2) is 7.93. The molecular weight excluding hydrogens is 342 g/mol. The van der Waals surface area contributed by atoms with Gasteiger partial charge in [0.1, 0.15) is 0 Å². The molecule has 0 fully saturated rings. The van der Waals surface area contributed by atoms with Crippen molar-refractivity contribution in [1.82, 2.24) is 4.72 Å². The highest BCUT2D eigenvalue weighted by molar-refractivity contribution is 7.89. The zero-order chi connectivity index (χ0) is 19.6. The van der Waals surface area contributed by atoms with Crippen LogP contribution in [0.15, 0.2) is 35.2 Å². The summed E-state index contributed by atoms with van der Waals surface area (Å²) in [4.78, 5) is 0.415. The summed E-state index contributed by atoms with van der Waals surface area (Å²) in [6.07, 6.45) is 1.09. The molecule has 0 aliphatic rings. The number of hydrogen-bond donors (Lipinski definition) is 1. The molecule has 142 valence electrons. The van der Waals surface area contributed by atoms with Crippen LogP contribution >= 0.6 is 0 Å². The molecule has 1 N–H and O–H groups in total. The maximum absolute atomic E-state index is 13.1. The molecule has 0 spiro atoms. The van der Waals surface area contributed by atoms with Gasteiger partial charge in [-0.3, -0.25) is 0 Å². The van der Waals surface area contributed by atoms with E-state index in [0.29, 0.717) is 10.8 Å². The second-order valence-electron chi connectivity index (χ2n) is 7.41. The fourth-order valence-electron chi connectivity index (χ4n) is 3.29. The minimum atomic E-state index is -3.60. The van der Waals surface area contributed by atoms with E-state index in [-0.39, 0.29) is 6.04 Å². The quantitative estimate of drug-likeness (QED) is 0.729. The molecule has 0 radical (unpaired) electrons. The van der Waals surface area contributed by atoms with E-state index in [1.165, 1.54) is 5.56 Å². The molecule has 0 bridgehead atoms. The first-order valence-electron chi connectivity index (χ1n) is 9.28. The van der Waals surface area contributed by atoms with Crippen molar-refractivity contribution in [3.05, 3.63) is 63.7 Å². The number of nitrogens with one attached hydrogen (secondary N) is 1. The van der Waals surface area contributed by atoms with E-state index in [1.807, 2.05) is 52.8 Å². The van der Waals surface area contributed by atoms with Crippen LogP contribution in [0.3, 0.4) is 0 Å². The Bertz CT molecular complexity index is 857. The average Bonchev–Trinajstić information content (AvgIpc) is 2.59. The van der Waals surface area contributed by atoms with Gasteiger partial charge >= 0.3 is 0 Å². The van der Waals surface area contributed by atoms with Crippen LogP contribution in [0.2, 0.25) is 0 Å². The van der Waals surface area contributed by atoms with Gasteiger partial charge in [0.2, 0.25) is 10.0 Å². The minimum absolute atomic E-state index is 0.286. The predicted molar refractivity (Wildman–Crippen MR) is 109 cm³/mol. The predicted octanol–water partition coefficient (Wildman–Crippen LogP) is 5.47. The zero-order valence-electron chi connectivity index (χ0n) is 17.0. The standard InChI is InChI=1S/C22H31NO2S/c1-8-14(2)20-9-11-21(12-10-20)19(7)23-26(24,25)22-17(5)15(3)13-16(4)18(22)6/h9-14,19,23H,8H2,1-7H3. The molecule has 0 aromatic heterocycles. The van der Waals surface area contributed by atoms with Gasteiger partial charge in [-0.1, -0.05) is 44.2 Å². The van der Waals surface area contributed by atoms with Gasteiger partial charge in [-0.2, -0.15) is 0 Å². The molecule has 2 aromatic carbocycles. The van der Waals surface area contributed by atoms with Crippen molar-refractivity contribution in [3.63, 3.8) is 0 Å². The third-order valence-corrected chi connectivity index (χ3v) is 7.33. The normalized spacial score (nSPS) is 14.3. The molecule has 0 saturated heterocycles. The Balaban J connectivity index is 2.33. The van der Waals surface area contributed by atoms with Crippen LogP contribution in [0.25, 0.3) is 0 Å². The van der Waals surface area contributed by atoms with E-state index >= 15 is 0 Å². The number of aryl methyl sites for hydroxylation is 2. The van der Waals surface area contributed by atoms with Crippen molar-refractivity contribution >= 4 is 10.0 Å². The fraction of sp³-hybridized carbons (Fsp3) is 0.455. The summed E-state index contributed by atoms with van der Waals surface area (Å²) in [6.45, 7) is 13.9. The van der Waals surface area contributed by atoms with Crippen LogP contribution in [-0.4, -0.2) is 8.42 Å². The number of benzene rings is 2. The molecule has 2 unspecified atom stereocenters. The smallest absolute Gasteiger partial charge is 0.207 e. The van der Waals surface area contributed by atoms with E-state index < -0.39 is 10.0 Å². The highest BCUT2D eigenvalue weighted by Crippen LogP contribution is 2.28. The van der Waals surface area contributed by atoms with Crippen LogP contribution in [0, 0.1) is 27.7 Å². The SMILES string of the molecule is CCC(C)c1ccc(C(C)NS(=O)(=O)c2c(C)c(C)cc(C)c2C)cc1. The van der Waals surface area contributed by atoms with Crippen LogP contribution in [-0.2, 0) is 10.0 Å². The Morgan fingerprint density at radius 1 is 0.885 bits per heavy atom. The molecule has 3 nitrogen and oxygen atoms in total. The lowest BCUT2D eigenvalue weighted by molar-refractivity contribution is 0.565. The number of rotatable bonds is 6. The Morgan fingerprint density at radius 3 is 1.81 bits per heavy atom. The zero-order valence-corrected chi connectivity index (χ0v) is 17.8. The summed E-state index contributed by atoms with van der Waals surface area (Å²) in [5, 5.41) is 0.